The van der Waals surface area contributed by atoms with Crippen molar-refractivity contribution in [3.05, 3.63) is 46.7 Å². The zero-order valence-electron chi connectivity index (χ0n) is 19.2. The molecule has 1 aromatic carbocycles. The highest BCUT2D eigenvalue weighted by atomic mass is 35.5. The van der Waals surface area contributed by atoms with Crippen molar-refractivity contribution in [2.75, 3.05) is 29.9 Å². The fourth-order valence-corrected chi connectivity index (χ4v) is 4.71. The van der Waals surface area contributed by atoms with Crippen LogP contribution in [0, 0.1) is 6.92 Å². The van der Waals surface area contributed by atoms with Gasteiger partial charge in [-0.05, 0) is 44.9 Å². The molecule has 1 atom stereocenters. The van der Waals surface area contributed by atoms with Gasteiger partial charge in [-0.3, -0.25) is 5.10 Å². The molecule has 4 N–H and O–H groups in total. The lowest BCUT2D eigenvalue weighted by atomic mass is 10.2. The maximum Gasteiger partial charge on any atom is 0.325 e. The number of ether oxygens (including phenoxy) is 1. The lowest BCUT2D eigenvalue weighted by molar-refractivity contribution is 0.439. The summed E-state index contributed by atoms with van der Waals surface area (Å²) in [5.41, 5.74) is 3.16. The number of aromatic amines is 2. The second kappa shape index (κ2) is 8.48. The van der Waals surface area contributed by atoms with Crippen LogP contribution in [0.5, 0.6) is 11.8 Å². The lowest BCUT2D eigenvalue weighted by Gasteiger charge is -2.35. The fraction of sp³-hybridized carbons (Fsp3) is 0.375. The highest BCUT2D eigenvalue weighted by molar-refractivity contribution is 6.37. The molecule has 2 fully saturated rings. The molecule has 0 spiro atoms. The maximum atomic E-state index is 6.68. The summed E-state index contributed by atoms with van der Waals surface area (Å²) < 4.78 is 6.15. The van der Waals surface area contributed by atoms with Gasteiger partial charge in [0.05, 0.1) is 5.02 Å². The fourth-order valence-electron chi connectivity index (χ4n) is 4.45. The number of anilines is 3. The Labute approximate surface area is 202 Å². The Kier molecular flexibility index (Phi) is 5.30. The first kappa shape index (κ1) is 21.2. The molecular formula is C24H27ClN8O. The summed E-state index contributed by atoms with van der Waals surface area (Å²) in [5, 5.41) is 15.7. The predicted molar refractivity (Wildman–Crippen MR) is 134 cm³/mol. The standard InChI is InChI=1S/C24H27ClN8O/c1-13-9-16-17(27-13)5-6-19(23(16)25)34-24-29-20(28-21-10-18(31-32-21)15-3-4-15)11-22(30-24)33-8-7-26-12-14(33)2/h5-6,9-11,14-15,26-27H,3-4,7-8,12H2,1-2H3,(H2,28,29,30,31,32). The van der Waals surface area contributed by atoms with Gasteiger partial charge in [-0.1, -0.05) is 11.6 Å². The van der Waals surface area contributed by atoms with E-state index in [1.54, 1.807) is 0 Å². The number of H-pyrrole nitrogens is 2. The quantitative estimate of drug-likeness (QED) is 0.313. The van der Waals surface area contributed by atoms with Gasteiger partial charge in [-0.25, -0.2) is 0 Å². The van der Waals surface area contributed by atoms with Gasteiger partial charge in [0.15, 0.2) is 5.82 Å². The Hall–Kier alpha value is -3.30. The minimum Gasteiger partial charge on any atom is -0.423 e. The van der Waals surface area contributed by atoms with Crippen LogP contribution in [0.2, 0.25) is 5.02 Å². The van der Waals surface area contributed by atoms with E-state index in [0.29, 0.717) is 28.5 Å². The minimum atomic E-state index is 0.234. The van der Waals surface area contributed by atoms with Crippen molar-refractivity contribution in [1.82, 2.24) is 30.5 Å². The molecule has 10 heteroatoms. The monoisotopic (exact) mass is 478 g/mol. The molecule has 2 aliphatic rings. The maximum absolute atomic E-state index is 6.68. The van der Waals surface area contributed by atoms with Crippen LogP contribution >= 0.6 is 11.6 Å². The van der Waals surface area contributed by atoms with Gasteiger partial charge in [-0.15, -0.1) is 0 Å². The minimum absolute atomic E-state index is 0.234. The van der Waals surface area contributed by atoms with E-state index in [1.165, 1.54) is 12.8 Å². The summed E-state index contributed by atoms with van der Waals surface area (Å²) in [5.74, 6) is 3.26. The predicted octanol–water partition coefficient (Wildman–Crippen LogP) is 4.85. The molecule has 4 heterocycles. The van der Waals surface area contributed by atoms with Crippen LogP contribution in [0.1, 0.15) is 37.1 Å². The second-order valence-corrected chi connectivity index (χ2v) is 9.52. The number of halogens is 1. The third-order valence-corrected chi connectivity index (χ3v) is 6.79. The first-order chi connectivity index (χ1) is 16.5. The summed E-state index contributed by atoms with van der Waals surface area (Å²) >= 11 is 6.68. The number of fused-ring (bicyclic) bond motifs is 1. The first-order valence-electron chi connectivity index (χ1n) is 11.7. The molecule has 6 rings (SSSR count). The van der Waals surface area contributed by atoms with E-state index in [2.05, 4.69) is 42.6 Å². The Bertz CT molecular complexity index is 1340. The molecule has 0 radical (unpaired) electrons. The SMILES string of the molecule is Cc1cc2c(Cl)c(Oc3nc(Nc4cc(C5CC5)[nH]n4)cc(N4CCNCC4C)n3)ccc2[nH]1. The smallest absolute Gasteiger partial charge is 0.325 e. The number of piperazine rings is 1. The average Bonchev–Trinajstić information content (AvgIpc) is 3.45. The number of nitrogens with zero attached hydrogens (tertiary/aromatic N) is 4. The van der Waals surface area contributed by atoms with E-state index in [-0.39, 0.29) is 6.01 Å². The number of hydrogen-bond acceptors (Lipinski definition) is 7. The summed E-state index contributed by atoms with van der Waals surface area (Å²) in [6.45, 7) is 6.81. The summed E-state index contributed by atoms with van der Waals surface area (Å²) in [4.78, 5) is 14.9. The highest BCUT2D eigenvalue weighted by Crippen LogP contribution is 2.40. The van der Waals surface area contributed by atoms with E-state index < -0.39 is 0 Å². The van der Waals surface area contributed by atoms with E-state index in [9.17, 15) is 0 Å². The lowest BCUT2D eigenvalue weighted by Crippen LogP contribution is -2.50. The second-order valence-electron chi connectivity index (χ2n) is 9.14. The molecule has 34 heavy (non-hydrogen) atoms. The first-order valence-corrected chi connectivity index (χ1v) is 12.1. The molecule has 4 aromatic rings. The van der Waals surface area contributed by atoms with Gasteiger partial charge in [0.25, 0.3) is 0 Å². The number of nitrogens with one attached hydrogen (secondary N) is 4. The largest absolute Gasteiger partial charge is 0.423 e. The molecule has 1 aliphatic carbocycles. The Morgan fingerprint density at radius 1 is 1.15 bits per heavy atom. The number of aromatic nitrogens is 5. The van der Waals surface area contributed by atoms with Gasteiger partial charge >= 0.3 is 6.01 Å². The molecule has 9 nitrogen and oxygen atoms in total. The van der Waals surface area contributed by atoms with Gasteiger partial charge in [0, 0.05) is 66.0 Å². The summed E-state index contributed by atoms with van der Waals surface area (Å²) in [7, 11) is 0. The highest BCUT2D eigenvalue weighted by Gasteiger charge is 2.26. The van der Waals surface area contributed by atoms with Crippen molar-refractivity contribution in [3.63, 3.8) is 0 Å². The third-order valence-electron chi connectivity index (χ3n) is 6.40. The zero-order chi connectivity index (χ0) is 23.2. The average molecular weight is 479 g/mol. The molecule has 1 saturated heterocycles. The van der Waals surface area contributed by atoms with Crippen molar-refractivity contribution in [3.8, 4) is 11.8 Å². The van der Waals surface area contributed by atoms with E-state index in [0.717, 1.165) is 53.6 Å². The van der Waals surface area contributed by atoms with Crippen molar-refractivity contribution >= 4 is 40.0 Å². The molecule has 1 saturated carbocycles. The van der Waals surface area contributed by atoms with Crippen molar-refractivity contribution in [2.45, 2.75) is 38.6 Å². The topological polar surface area (TPSA) is 107 Å². The zero-order valence-corrected chi connectivity index (χ0v) is 19.9. The number of benzene rings is 1. The van der Waals surface area contributed by atoms with Crippen LogP contribution in [0.4, 0.5) is 17.5 Å². The van der Waals surface area contributed by atoms with E-state index in [4.69, 9.17) is 21.3 Å². The van der Waals surface area contributed by atoms with Gasteiger partial charge in [0.1, 0.15) is 17.4 Å². The normalized spacial score (nSPS) is 18.4. The van der Waals surface area contributed by atoms with Crippen molar-refractivity contribution in [1.29, 1.82) is 0 Å². The van der Waals surface area contributed by atoms with Crippen LogP contribution in [-0.2, 0) is 0 Å². The Balaban J connectivity index is 1.34. The molecule has 1 aliphatic heterocycles. The van der Waals surface area contributed by atoms with E-state index in [1.807, 2.05) is 37.3 Å². The van der Waals surface area contributed by atoms with Gasteiger partial charge in [0.2, 0.25) is 0 Å². The van der Waals surface area contributed by atoms with Crippen LogP contribution in [0.25, 0.3) is 10.9 Å². The van der Waals surface area contributed by atoms with Crippen LogP contribution in [-0.4, -0.2) is 50.8 Å². The van der Waals surface area contributed by atoms with Gasteiger partial charge in [-0.2, -0.15) is 15.1 Å². The third kappa shape index (κ3) is 4.17. The van der Waals surface area contributed by atoms with E-state index >= 15 is 0 Å². The Morgan fingerprint density at radius 3 is 2.85 bits per heavy atom. The molecule has 1 unspecified atom stereocenters. The van der Waals surface area contributed by atoms with Crippen LogP contribution in [0.3, 0.4) is 0 Å². The summed E-state index contributed by atoms with van der Waals surface area (Å²) in [6, 6.07) is 10.3. The van der Waals surface area contributed by atoms with Gasteiger partial charge < -0.3 is 25.3 Å². The molecule has 176 valence electrons. The molecule has 0 bridgehead atoms. The molecular weight excluding hydrogens is 452 g/mol. The van der Waals surface area contributed by atoms with Crippen molar-refractivity contribution < 1.29 is 4.74 Å². The molecule has 3 aromatic heterocycles. The molecule has 0 amide bonds. The summed E-state index contributed by atoms with van der Waals surface area (Å²) in [6.07, 6.45) is 2.42. The van der Waals surface area contributed by atoms with Crippen molar-refractivity contribution in [2.24, 2.45) is 0 Å². The Morgan fingerprint density at radius 2 is 2.03 bits per heavy atom. The van der Waals surface area contributed by atoms with Crippen LogP contribution < -0.4 is 20.3 Å². The number of aryl methyl sites for hydroxylation is 1. The van der Waals surface area contributed by atoms with Crippen LogP contribution in [0.15, 0.2) is 30.3 Å². The number of hydrogen-bond donors (Lipinski definition) is 4. The number of rotatable bonds is 6.